The summed E-state index contributed by atoms with van der Waals surface area (Å²) < 4.78 is 6.83. The number of hydrogen-bond donors (Lipinski definition) is 2. The number of hydrogen-bond acceptors (Lipinski definition) is 5. The molecule has 1 unspecified atom stereocenters. The first-order valence-electron chi connectivity index (χ1n) is 12.2. The number of carbonyl (C=O) groups is 2. The lowest BCUT2D eigenvalue weighted by Gasteiger charge is -2.51. The van der Waals surface area contributed by atoms with E-state index in [1.54, 1.807) is 12.3 Å². The molecule has 0 saturated carbocycles. The number of benzene rings is 2. The Hall–Kier alpha value is -3.71. The molecule has 7 heteroatoms. The van der Waals surface area contributed by atoms with E-state index in [1.165, 1.54) is 0 Å². The average Bonchev–Trinajstić information content (AvgIpc) is 2.89. The number of rotatable bonds is 8. The Bertz CT molecular complexity index is 1130. The SMILES string of the molecule is O=C(C[N+]12CCC(CC1)[C@@H](OC(=O)C(Nc1ccccc1)c1ccccc1)C2)Nc1ccccn1. The molecule has 3 saturated heterocycles. The van der Waals surface area contributed by atoms with Crippen molar-refractivity contribution in [1.82, 2.24) is 4.98 Å². The maximum atomic E-state index is 13.5. The Morgan fingerprint density at radius 2 is 1.63 bits per heavy atom. The van der Waals surface area contributed by atoms with Crippen LogP contribution in [0.5, 0.6) is 0 Å². The number of esters is 1. The fourth-order valence-electron chi connectivity index (χ4n) is 5.34. The monoisotopic (exact) mass is 471 g/mol. The van der Waals surface area contributed by atoms with Gasteiger partial charge in [0.2, 0.25) is 0 Å². The third kappa shape index (κ3) is 5.52. The lowest BCUT2D eigenvalue weighted by atomic mass is 9.83. The van der Waals surface area contributed by atoms with Gasteiger partial charge in [-0.25, -0.2) is 9.78 Å². The number of quaternary nitrogens is 1. The molecule has 0 aliphatic carbocycles. The Morgan fingerprint density at radius 1 is 0.943 bits per heavy atom. The fraction of sp³-hybridized carbons (Fsp3) is 0.321. The molecule has 2 atom stereocenters. The van der Waals surface area contributed by atoms with Crippen molar-refractivity contribution in [3.05, 3.63) is 90.6 Å². The second-order valence-corrected chi connectivity index (χ2v) is 9.56. The number of nitrogens with zero attached hydrogens (tertiary/aromatic N) is 2. The number of ether oxygens (including phenoxy) is 1. The van der Waals surface area contributed by atoms with Crippen LogP contribution < -0.4 is 10.6 Å². The lowest BCUT2D eigenvalue weighted by Crippen LogP contribution is -2.66. The molecule has 2 aromatic carbocycles. The molecule has 1 aromatic heterocycles. The maximum Gasteiger partial charge on any atom is 0.333 e. The summed E-state index contributed by atoms with van der Waals surface area (Å²) in [6.07, 6.45) is 3.38. The molecule has 3 fully saturated rings. The van der Waals surface area contributed by atoms with Crippen LogP contribution >= 0.6 is 0 Å². The molecule has 6 rings (SSSR count). The third-order valence-corrected chi connectivity index (χ3v) is 7.17. The first-order chi connectivity index (χ1) is 17.1. The molecule has 180 valence electrons. The minimum absolute atomic E-state index is 0.0537. The van der Waals surface area contributed by atoms with E-state index >= 15 is 0 Å². The summed E-state index contributed by atoms with van der Waals surface area (Å²) in [5.74, 6) is 0.561. The molecule has 3 aliphatic heterocycles. The second kappa shape index (κ2) is 10.3. The number of piperidine rings is 3. The number of para-hydroxylation sites is 1. The topological polar surface area (TPSA) is 80.3 Å². The summed E-state index contributed by atoms with van der Waals surface area (Å²) in [5, 5.41) is 6.25. The highest BCUT2D eigenvalue weighted by molar-refractivity contribution is 5.90. The van der Waals surface area contributed by atoms with Crippen molar-refractivity contribution in [2.24, 2.45) is 5.92 Å². The second-order valence-electron chi connectivity index (χ2n) is 9.56. The quantitative estimate of drug-likeness (QED) is 0.383. The molecule has 35 heavy (non-hydrogen) atoms. The van der Waals surface area contributed by atoms with Gasteiger partial charge >= 0.3 is 5.97 Å². The smallest absolute Gasteiger partial charge is 0.333 e. The Morgan fingerprint density at radius 3 is 2.31 bits per heavy atom. The number of fused-ring (bicyclic) bond motifs is 3. The zero-order valence-corrected chi connectivity index (χ0v) is 19.7. The van der Waals surface area contributed by atoms with Crippen molar-refractivity contribution in [3.63, 3.8) is 0 Å². The van der Waals surface area contributed by atoms with Crippen LogP contribution in [0.2, 0.25) is 0 Å². The lowest BCUT2D eigenvalue weighted by molar-refractivity contribution is -0.938. The van der Waals surface area contributed by atoms with E-state index in [9.17, 15) is 9.59 Å². The van der Waals surface area contributed by atoms with Crippen LogP contribution in [-0.4, -0.2) is 53.6 Å². The molecule has 7 nitrogen and oxygen atoms in total. The van der Waals surface area contributed by atoms with Crippen molar-refractivity contribution in [2.75, 3.05) is 36.8 Å². The van der Waals surface area contributed by atoms with Gasteiger partial charge in [0, 0.05) is 30.6 Å². The maximum absolute atomic E-state index is 13.5. The summed E-state index contributed by atoms with van der Waals surface area (Å²) in [7, 11) is 0. The molecule has 2 bridgehead atoms. The van der Waals surface area contributed by atoms with Crippen molar-refractivity contribution in [1.29, 1.82) is 0 Å². The molecular weight excluding hydrogens is 440 g/mol. The zero-order chi connectivity index (χ0) is 24.1. The standard InChI is InChI=1S/C28H30N4O3/c33-26(31-25-13-7-8-16-29-25)20-32-17-14-21(15-18-32)24(19-32)35-28(34)27(22-9-3-1-4-10-22)30-23-11-5-2-6-12-23/h1-13,16,21,24,27,30H,14-15,17-20H2/p+1/t21?,24-,27?,32?/m0/s1. The highest BCUT2D eigenvalue weighted by Gasteiger charge is 2.49. The van der Waals surface area contributed by atoms with Crippen LogP contribution in [0, 0.1) is 5.92 Å². The van der Waals surface area contributed by atoms with Crippen molar-refractivity contribution < 1.29 is 18.8 Å². The summed E-state index contributed by atoms with van der Waals surface area (Å²) >= 11 is 0. The molecule has 3 aliphatic rings. The van der Waals surface area contributed by atoms with E-state index < -0.39 is 6.04 Å². The van der Waals surface area contributed by atoms with E-state index in [-0.39, 0.29) is 18.0 Å². The van der Waals surface area contributed by atoms with Crippen LogP contribution in [0.3, 0.4) is 0 Å². The van der Waals surface area contributed by atoms with Gasteiger partial charge in [0.05, 0.1) is 13.1 Å². The number of pyridine rings is 1. The minimum Gasteiger partial charge on any atom is -0.454 e. The van der Waals surface area contributed by atoms with Crippen LogP contribution in [0.1, 0.15) is 24.4 Å². The summed E-state index contributed by atoms with van der Waals surface area (Å²) in [6.45, 7) is 2.89. The Balaban J connectivity index is 1.27. The van der Waals surface area contributed by atoms with Gasteiger partial charge in [-0.05, 0) is 29.8 Å². The first kappa shape index (κ1) is 23.1. The van der Waals surface area contributed by atoms with Crippen molar-refractivity contribution in [2.45, 2.75) is 25.0 Å². The number of amides is 1. The van der Waals surface area contributed by atoms with Crippen LogP contribution in [0.25, 0.3) is 0 Å². The average molecular weight is 472 g/mol. The number of anilines is 2. The molecule has 4 heterocycles. The third-order valence-electron chi connectivity index (χ3n) is 7.17. The molecule has 0 radical (unpaired) electrons. The van der Waals surface area contributed by atoms with E-state index in [0.29, 0.717) is 29.3 Å². The highest BCUT2D eigenvalue weighted by Crippen LogP contribution is 2.36. The molecule has 2 N–H and O–H groups in total. The predicted octanol–water partition coefficient (Wildman–Crippen LogP) is 4.03. The van der Waals surface area contributed by atoms with Crippen LogP contribution in [0.4, 0.5) is 11.5 Å². The van der Waals surface area contributed by atoms with E-state index in [4.69, 9.17) is 4.74 Å². The van der Waals surface area contributed by atoms with Crippen LogP contribution in [-0.2, 0) is 14.3 Å². The van der Waals surface area contributed by atoms with E-state index in [0.717, 1.165) is 37.2 Å². The van der Waals surface area contributed by atoms with Gasteiger partial charge in [0.1, 0.15) is 12.4 Å². The van der Waals surface area contributed by atoms with E-state index in [1.807, 2.05) is 72.8 Å². The molecular formula is C28H31N4O3+. The van der Waals surface area contributed by atoms with Gasteiger partial charge in [-0.1, -0.05) is 54.6 Å². The molecule has 0 spiro atoms. The normalized spacial score (nSPS) is 23.8. The van der Waals surface area contributed by atoms with Gasteiger partial charge < -0.3 is 19.9 Å². The van der Waals surface area contributed by atoms with E-state index in [2.05, 4.69) is 15.6 Å². The van der Waals surface area contributed by atoms with Gasteiger partial charge in [-0.15, -0.1) is 0 Å². The molecule has 3 aromatic rings. The van der Waals surface area contributed by atoms with Crippen molar-refractivity contribution in [3.8, 4) is 0 Å². The van der Waals surface area contributed by atoms with Crippen molar-refractivity contribution >= 4 is 23.4 Å². The highest BCUT2D eigenvalue weighted by atomic mass is 16.5. The summed E-state index contributed by atoms with van der Waals surface area (Å²) in [6, 6.07) is 24.2. The zero-order valence-electron chi connectivity index (χ0n) is 19.7. The summed E-state index contributed by atoms with van der Waals surface area (Å²) in [5.41, 5.74) is 1.73. The fourth-order valence-corrected chi connectivity index (χ4v) is 5.34. The largest absolute Gasteiger partial charge is 0.454 e. The van der Waals surface area contributed by atoms with Crippen LogP contribution in [0.15, 0.2) is 85.1 Å². The minimum atomic E-state index is -0.602. The van der Waals surface area contributed by atoms with Gasteiger partial charge in [-0.3, -0.25) is 4.79 Å². The summed E-state index contributed by atoms with van der Waals surface area (Å²) in [4.78, 5) is 30.5. The molecule has 1 amide bonds. The Kier molecular flexibility index (Phi) is 6.77. The van der Waals surface area contributed by atoms with Gasteiger partial charge in [0.15, 0.2) is 18.7 Å². The Labute approximate surface area is 205 Å². The van der Waals surface area contributed by atoms with Gasteiger partial charge in [0.25, 0.3) is 5.91 Å². The number of aromatic nitrogens is 1. The number of carbonyl (C=O) groups excluding carboxylic acids is 2. The van der Waals surface area contributed by atoms with Gasteiger partial charge in [-0.2, -0.15) is 0 Å². The predicted molar refractivity (Wildman–Crippen MR) is 134 cm³/mol. The first-order valence-corrected chi connectivity index (χ1v) is 12.2. The number of nitrogens with one attached hydrogen (secondary N) is 2.